The van der Waals surface area contributed by atoms with Crippen LogP contribution in [0.15, 0.2) is 36.2 Å². The fourth-order valence-corrected chi connectivity index (χ4v) is 2.89. The molecule has 1 aliphatic heterocycles. The van der Waals surface area contributed by atoms with Crippen LogP contribution in [0.4, 0.5) is 0 Å². The number of pyridine rings is 1. The second-order valence-corrected chi connectivity index (χ2v) is 6.49. The highest BCUT2D eigenvalue weighted by Crippen LogP contribution is 2.15. The second-order valence-electron chi connectivity index (χ2n) is 5.05. The number of amides is 1. The summed E-state index contributed by atoms with van der Waals surface area (Å²) in [4.78, 5) is 13.1. The number of hydrogen-bond acceptors (Lipinski definition) is 3. The van der Waals surface area contributed by atoms with E-state index in [4.69, 9.17) is 18.0 Å². The maximum Gasteiger partial charge on any atom is 0.221 e. The van der Waals surface area contributed by atoms with Crippen molar-refractivity contribution >= 4 is 34.2 Å². The number of nitrogens with two attached hydrogens (primary N) is 1. The number of carbonyl (C=O) groups excluding carboxylic acids is 1. The zero-order chi connectivity index (χ0) is 15.2. The van der Waals surface area contributed by atoms with Gasteiger partial charge in [-0.15, -0.1) is 11.8 Å². The minimum absolute atomic E-state index is 0.296. The highest BCUT2D eigenvalue weighted by Gasteiger charge is 2.16. The molecular formula is C15H20N3OS2+. The van der Waals surface area contributed by atoms with Crippen LogP contribution < -0.4 is 10.3 Å². The Bertz CT molecular complexity index is 555. The third-order valence-corrected chi connectivity index (χ3v) is 4.83. The lowest BCUT2D eigenvalue weighted by Crippen LogP contribution is -2.38. The van der Waals surface area contributed by atoms with Crippen LogP contribution in [0, 0.1) is 0 Å². The summed E-state index contributed by atoms with van der Waals surface area (Å²) in [5.74, 6) is -0.299. The Labute approximate surface area is 135 Å². The van der Waals surface area contributed by atoms with Crippen molar-refractivity contribution < 1.29 is 9.36 Å². The normalized spacial score (nSPS) is 14.7. The minimum atomic E-state index is -0.299. The summed E-state index contributed by atoms with van der Waals surface area (Å²) in [5, 5.41) is 0. The fourth-order valence-electron chi connectivity index (χ4n) is 2.30. The number of thioether (sulfide) groups is 1. The molecule has 0 aromatic carbocycles. The van der Waals surface area contributed by atoms with Gasteiger partial charge in [-0.2, -0.15) is 0 Å². The second kappa shape index (κ2) is 7.56. The molecule has 1 aromatic heterocycles. The molecule has 0 atom stereocenters. The molecular weight excluding hydrogens is 302 g/mol. The van der Waals surface area contributed by atoms with Gasteiger partial charge in [0, 0.05) is 25.2 Å². The highest BCUT2D eigenvalue weighted by atomic mass is 32.2. The maximum absolute atomic E-state index is 10.9. The third kappa shape index (κ3) is 4.82. The topological polar surface area (TPSA) is 50.2 Å². The molecule has 0 saturated carbocycles. The summed E-state index contributed by atoms with van der Waals surface area (Å²) in [6.45, 7) is 2.78. The molecule has 0 saturated heterocycles. The van der Waals surface area contributed by atoms with Gasteiger partial charge >= 0.3 is 0 Å². The predicted octanol–water partition coefficient (Wildman–Crippen LogP) is 1.28. The van der Waals surface area contributed by atoms with Crippen LogP contribution in [-0.4, -0.2) is 34.5 Å². The number of primary amides is 1. The van der Waals surface area contributed by atoms with Gasteiger partial charge in [0.15, 0.2) is 18.9 Å². The SMILES string of the molecule is CSC(=S)N1CC=C(C[n+]2ccc(CC(N)=O)cc2)CC1. The molecule has 4 nitrogen and oxygen atoms in total. The first-order valence-corrected chi connectivity index (χ1v) is 8.49. The van der Waals surface area contributed by atoms with Crippen molar-refractivity contribution in [2.45, 2.75) is 19.4 Å². The zero-order valence-electron chi connectivity index (χ0n) is 12.1. The smallest absolute Gasteiger partial charge is 0.221 e. The average Bonchev–Trinajstić information content (AvgIpc) is 2.49. The summed E-state index contributed by atoms with van der Waals surface area (Å²) in [6.07, 6.45) is 9.61. The first-order valence-electron chi connectivity index (χ1n) is 6.85. The molecule has 0 unspecified atom stereocenters. The molecule has 1 aromatic rings. The molecule has 0 aliphatic carbocycles. The zero-order valence-corrected chi connectivity index (χ0v) is 13.8. The Morgan fingerprint density at radius 1 is 1.48 bits per heavy atom. The highest BCUT2D eigenvalue weighted by molar-refractivity contribution is 8.22. The molecule has 0 spiro atoms. The van der Waals surface area contributed by atoms with E-state index in [0.717, 1.165) is 35.9 Å². The van der Waals surface area contributed by atoms with E-state index in [1.54, 1.807) is 11.8 Å². The van der Waals surface area contributed by atoms with Crippen molar-refractivity contribution in [1.29, 1.82) is 0 Å². The van der Waals surface area contributed by atoms with Gasteiger partial charge in [0.2, 0.25) is 5.91 Å². The summed E-state index contributed by atoms with van der Waals surface area (Å²) >= 11 is 6.94. The van der Waals surface area contributed by atoms with E-state index in [1.807, 2.05) is 30.8 Å². The van der Waals surface area contributed by atoms with Gasteiger partial charge < -0.3 is 10.6 Å². The lowest BCUT2D eigenvalue weighted by atomic mass is 10.1. The monoisotopic (exact) mass is 322 g/mol. The summed E-state index contributed by atoms with van der Waals surface area (Å²) < 4.78 is 3.09. The average molecular weight is 322 g/mol. The van der Waals surface area contributed by atoms with E-state index in [-0.39, 0.29) is 5.91 Å². The number of carbonyl (C=O) groups is 1. The molecule has 1 amide bonds. The lowest BCUT2D eigenvalue weighted by Gasteiger charge is -2.26. The van der Waals surface area contributed by atoms with Gasteiger partial charge in [0.25, 0.3) is 0 Å². The Morgan fingerprint density at radius 2 is 2.19 bits per heavy atom. The molecule has 2 rings (SSSR count). The Morgan fingerprint density at radius 3 is 2.71 bits per heavy atom. The van der Waals surface area contributed by atoms with Crippen molar-refractivity contribution in [3.63, 3.8) is 0 Å². The van der Waals surface area contributed by atoms with Gasteiger partial charge in [-0.25, -0.2) is 4.57 Å². The molecule has 2 heterocycles. The summed E-state index contributed by atoms with van der Waals surface area (Å²) in [5.41, 5.74) is 7.56. The van der Waals surface area contributed by atoms with Crippen LogP contribution in [0.5, 0.6) is 0 Å². The van der Waals surface area contributed by atoms with Crippen LogP contribution >= 0.6 is 24.0 Å². The van der Waals surface area contributed by atoms with Gasteiger partial charge in [-0.05, 0) is 23.8 Å². The number of hydrogen-bond donors (Lipinski definition) is 1. The van der Waals surface area contributed by atoms with Crippen LogP contribution in [0.2, 0.25) is 0 Å². The van der Waals surface area contributed by atoms with Crippen LogP contribution in [0.1, 0.15) is 12.0 Å². The first-order chi connectivity index (χ1) is 10.1. The van der Waals surface area contributed by atoms with E-state index >= 15 is 0 Å². The summed E-state index contributed by atoms with van der Waals surface area (Å²) in [6, 6.07) is 3.90. The van der Waals surface area contributed by atoms with Crippen molar-refractivity contribution in [2.75, 3.05) is 19.3 Å². The van der Waals surface area contributed by atoms with Gasteiger partial charge in [0.1, 0.15) is 4.32 Å². The first kappa shape index (κ1) is 16.0. The van der Waals surface area contributed by atoms with Gasteiger partial charge in [-0.3, -0.25) is 4.79 Å². The number of aromatic nitrogens is 1. The molecule has 0 radical (unpaired) electrons. The van der Waals surface area contributed by atoms with Crippen molar-refractivity contribution in [2.24, 2.45) is 5.73 Å². The molecule has 2 N–H and O–H groups in total. The molecule has 112 valence electrons. The number of thiocarbonyl (C=S) groups is 1. The Balaban J connectivity index is 1.92. The standard InChI is InChI=1S/C15H19N3OS2/c1-21-15(20)18-8-4-13(5-9-18)11-17-6-2-12(3-7-17)10-14(16)19/h2-4,6-7H,5,8-11H2,1H3,(H-,16,19)/p+1. The van der Waals surface area contributed by atoms with E-state index < -0.39 is 0 Å². The molecule has 0 fully saturated rings. The van der Waals surface area contributed by atoms with E-state index in [2.05, 4.69) is 15.5 Å². The molecule has 6 heteroatoms. The van der Waals surface area contributed by atoms with Crippen LogP contribution in [-0.2, 0) is 17.8 Å². The van der Waals surface area contributed by atoms with Crippen LogP contribution in [0.25, 0.3) is 0 Å². The molecule has 1 aliphatic rings. The van der Waals surface area contributed by atoms with E-state index in [9.17, 15) is 4.79 Å². The van der Waals surface area contributed by atoms with Gasteiger partial charge in [-0.1, -0.05) is 18.3 Å². The van der Waals surface area contributed by atoms with Crippen LogP contribution in [0.3, 0.4) is 0 Å². The largest absolute Gasteiger partial charge is 0.369 e. The van der Waals surface area contributed by atoms with E-state index in [1.165, 1.54) is 5.57 Å². The summed E-state index contributed by atoms with van der Waals surface area (Å²) in [7, 11) is 0. The van der Waals surface area contributed by atoms with Crippen molar-refractivity contribution in [1.82, 2.24) is 4.90 Å². The maximum atomic E-state index is 10.9. The lowest BCUT2D eigenvalue weighted by molar-refractivity contribution is -0.689. The van der Waals surface area contributed by atoms with E-state index in [0.29, 0.717) is 6.42 Å². The minimum Gasteiger partial charge on any atom is -0.369 e. The Kier molecular flexibility index (Phi) is 5.76. The number of rotatable bonds is 4. The molecule has 21 heavy (non-hydrogen) atoms. The van der Waals surface area contributed by atoms with Crippen molar-refractivity contribution in [3.05, 3.63) is 41.7 Å². The predicted molar refractivity (Wildman–Crippen MR) is 89.9 cm³/mol. The molecule has 0 bridgehead atoms. The number of nitrogens with zero attached hydrogens (tertiary/aromatic N) is 2. The third-order valence-electron chi connectivity index (χ3n) is 3.46. The van der Waals surface area contributed by atoms with Gasteiger partial charge in [0.05, 0.1) is 6.42 Å². The Hall–Kier alpha value is -1.40. The quantitative estimate of drug-likeness (QED) is 0.515. The fraction of sp³-hybridized carbons (Fsp3) is 0.400. The van der Waals surface area contributed by atoms with Crippen molar-refractivity contribution in [3.8, 4) is 0 Å².